The maximum absolute atomic E-state index is 4.63. The second-order valence-corrected chi connectivity index (χ2v) is 6.23. The maximum Gasteiger partial charge on any atom is 0.164 e. The highest BCUT2D eigenvalue weighted by molar-refractivity contribution is 5.70. The van der Waals surface area contributed by atoms with Crippen LogP contribution in [0, 0.1) is 0 Å². The SMILES string of the molecule is C(=C/c1nc(/C=C\c2ccccc2)nc(-c2ccccc2)n1)/c1ccccc1. The minimum atomic E-state index is 0.630. The number of rotatable bonds is 5. The Morgan fingerprint density at radius 2 is 0.857 bits per heavy atom. The summed E-state index contributed by atoms with van der Waals surface area (Å²) in [5, 5.41) is 0. The van der Waals surface area contributed by atoms with Crippen molar-refractivity contribution in [2.45, 2.75) is 0 Å². The number of benzene rings is 3. The molecule has 0 atom stereocenters. The molecule has 0 N–H and O–H groups in total. The van der Waals surface area contributed by atoms with Gasteiger partial charge in [-0.25, -0.2) is 15.0 Å². The minimum absolute atomic E-state index is 0.630. The minimum Gasteiger partial charge on any atom is -0.209 e. The fourth-order valence-corrected chi connectivity index (χ4v) is 2.74. The zero-order valence-corrected chi connectivity index (χ0v) is 15.3. The summed E-state index contributed by atoms with van der Waals surface area (Å²) in [7, 11) is 0. The predicted molar refractivity (Wildman–Crippen MR) is 116 cm³/mol. The largest absolute Gasteiger partial charge is 0.209 e. The van der Waals surface area contributed by atoms with E-state index in [9.17, 15) is 0 Å². The molecule has 3 heteroatoms. The number of nitrogens with zero attached hydrogens (tertiary/aromatic N) is 3. The highest BCUT2D eigenvalue weighted by Crippen LogP contribution is 2.16. The Morgan fingerprint density at radius 3 is 1.32 bits per heavy atom. The van der Waals surface area contributed by atoms with Gasteiger partial charge in [0.1, 0.15) is 0 Å². The van der Waals surface area contributed by atoms with E-state index < -0.39 is 0 Å². The monoisotopic (exact) mass is 361 g/mol. The summed E-state index contributed by atoms with van der Waals surface area (Å²) in [6.07, 6.45) is 7.86. The van der Waals surface area contributed by atoms with Crippen molar-refractivity contribution >= 4 is 24.3 Å². The van der Waals surface area contributed by atoms with Gasteiger partial charge < -0.3 is 0 Å². The second kappa shape index (κ2) is 8.69. The number of hydrogen-bond donors (Lipinski definition) is 0. The van der Waals surface area contributed by atoms with Gasteiger partial charge in [0, 0.05) is 5.56 Å². The fourth-order valence-electron chi connectivity index (χ4n) is 2.74. The summed E-state index contributed by atoms with van der Waals surface area (Å²) >= 11 is 0. The van der Waals surface area contributed by atoms with Crippen molar-refractivity contribution in [2.75, 3.05) is 0 Å². The van der Waals surface area contributed by atoms with Crippen LogP contribution in [-0.2, 0) is 0 Å². The fraction of sp³-hybridized carbons (Fsp3) is 0. The third kappa shape index (κ3) is 4.65. The quantitative estimate of drug-likeness (QED) is 0.445. The van der Waals surface area contributed by atoms with Crippen LogP contribution < -0.4 is 0 Å². The van der Waals surface area contributed by atoms with Crippen molar-refractivity contribution < 1.29 is 0 Å². The van der Waals surface area contributed by atoms with Gasteiger partial charge in [-0.2, -0.15) is 0 Å². The van der Waals surface area contributed by atoms with E-state index in [1.807, 2.05) is 115 Å². The molecule has 0 saturated carbocycles. The number of hydrogen-bond acceptors (Lipinski definition) is 3. The zero-order valence-electron chi connectivity index (χ0n) is 15.3. The molecule has 1 aromatic heterocycles. The van der Waals surface area contributed by atoms with Crippen LogP contribution in [-0.4, -0.2) is 15.0 Å². The predicted octanol–water partition coefficient (Wildman–Crippen LogP) is 5.88. The average Bonchev–Trinajstić information content (AvgIpc) is 2.78. The first kappa shape index (κ1) is 17.6. The third-order valence-corrected chi connectivity index (χ3v) is 4.15. The highest BCUT2D eigenvalue weighted by Gasteiger charge is 2.05. The molecule has 0 aliphatic heterocycles. The smallest absolute Gasteiger partial charge is 0.164 e. The Hall–Kier alpha value is -3.85. The van der Waals surface area contributed by atoms with Gasteiger partial charge in [0.2, 0.25) is 0 Å². The summed E-state index contributed by atoms with van der Waals surface area (Å²) < 4.78 is 0. The van der Waals surface area contributed by atoms with Crippen molar-refractivity contribution in [2.24, 2.45) is 0 Å². The first-order valence-corrected chi connectivity index (χ1v) is 9.15. The Bertz CT molecular complexity index is 1020. The van der Waals surface area contributed by atoms with Crippen molar-refractivity contribution in [1.29, 1.82) is 0 Å². The van der Waals surface area contributed by atoms with Crippen LogP contribution in [0.3, 0.4) is 0 Å². The van der Waals surface area contributed by atoms with Crippen molar-refractivity contribution in [3.63, 3.8) is 0 Å². The molecule has 3 nitrogen and oxygen atoms in total. The summed E-state index contributed by atoms with van der Waals surface area (Å²) in [5.74, 6) is 1.92. The van der Waals surface area contributed by atoms with Gasteiger partial charge in [0.15, 0.2) is 17.5 Å². The Labute approximate surface area is 164 Å². The van der Waals surface area contributed by atoms with E-state index in [1.54, 1.807) is 0 Å². The van der Waals surface area contributed by atoms with Crippen molar-refractivity contribution in [3.8, 4) is 11.4 Å². The van der Waals surface area contributed by atoms with E-state index in [0.717, 1.165) is 16.7 Å². The van der Waals surface area contributed by atoms with Gasteiger partial charge in [-0.1, -0.05) is 103 Å². The van der Waals surface area contributed by atoms with Gasteiger partial charge >= 0.3 is 0 Å². The van der Waals surface area contributed by atoms with Crippen molar-refractivity contribution in [3.05, 3.63) is 114 Å². The van der Waals surface area contributed by atoms with E-state index in [-0.39, 0.29) is 0 Å². The van der Waals surface area contributed by atoms with E-state index in [1.165, 1.54) is 0 Å². The van der Waals surface area contributed by atoms with Crippen LogP contribution in [0.5, 0.6) is 0 Å². The molecule has 0 fully saturated rings. The van der Waals surface area contributed by atoms with Gasteiger partial charge in [-0.15, -0.1) is 0 Å². The van der Waals surface area contributed by atoms with E-state index in [2.05, 4.69) is 15.0 Å². The molecule has 0 amide bonds. The van der Waals surface area contributed by atoms with Crippen LogP contribution in [0.25, 0.3) is 35.7 Å². The molecule has 4 rings (SSSR count). The normalized spacial score (nSPS) is 11.3. The van der Waals surface area contributed by atoms with Gasteiger partial charge in [-0.05, 0) is 23.3 Å². The van der Waals surface area contributed by atoms with Crippen LogP contribution in [0.15, 0.2) is 91.0 Å². The first-order chi connectivity index (χ1) is 13.9. The van der Waals surface area contributed by atoms with Crippen LogP contribution in [0.2, 0.25) is 0 Å². The molecule has 28 heavy (non-hydrogen) atoms. The standard InChI is InChI=1S/C25H19N3/c1-4-10-20(11-5-1)16-18-23-26-24(19-17-21-12-6-2-7-13-21)28-25(27-23)22-14-8-3-9-15-22/h1-19H/b18-16-,19-17-. The molecular weight excluding hydrogens is 342 g/mol. The summed E-state index contributed by atoms with van der Waals surface area (Å²) in [4.78, 5) is 13.9. The van der Waals surface area contributed by atoms with Gasteiger partial charge in [0.05, 0.1) is 0 Å². The molecule has 134 valence electrons. The van der Waals surface area contributed by atoms with E-state index >= 15 is 0 Å². The molecule has 0 aliphatic rings. The average molecular weight is 361 g/mol. The molecule has 0 aliphatic carbocycles. The van der Waals surface area contributed by atoms with Crippen LogP contribution in [0.4, 0.5) is 0 Å². The third-order valence-electron chi connectivity index (χ3n) is 4.15. The molecule has 0 unspecified atom stereocenters. The lowest BCUT2D eigenvalue weighted by atomic mass is 10.2. The lowest BCUT2D eigenvalue weighted by Crippen LogP contribution is -1.99. The molecule has 0 spiro atoms. The summed E-state index contributed by atoms with van der Waals surface area (Å²) in [6, 6.07) is 30.2. The molecular formula is C25H19N3. The molecule has 0 saturated heterocycles. The Morgan fingerprint density at radius 1 is 0.429 bits per heavy atom. The first-order valence-electron chi connectivity index (χ1n) is 9.15. The van der Waals surface area contributed by atoms with Crippen LogP contribution in [0.1, 0.15) is 22.8 Å². The van der Waals surface area contributed by atoms with Gasteiger partial charge in [0.25, 0.3) is 0 Å². The number of aromatic nitrogens is 3. The molecule has 0 bridgehead atoms. The maximum atomic E-state index is 4.63. The van der Waals surface area contributed by atoms with E-state index in [0.29, 0.717) is 17.5 Å². The second-order valence-electron chi connectivity index (χ2n) is 6.23. The van der Waals surface area contributed by atoms with Crippen LogP contribution >= 0.6 is 0 Å². The molecule has 0 radical (unpaired) electrons. The zero-order chi connectivity index (χ0) is 19.0. The Kier molecular flexibility index (Phi) is 5.45. The van der Waals surface area contributed by atoms with E-state index in [4.69, 9.17) is 0 Å². The molecule has 1 heterocycles. The Balaban J connectivity index is 1.71. The van der Waals surface area contributed by atoms with Gasteiger partial charge in [-0.3, -0.25) is 0 Å². The molecule has 4 aromatic rings. The highest BCUT2D eigenvalue weighted by atomic mass is 15.0. The summed E-state index contributed by atoms with van der Waals surface area (Å²) in [6.45, 7) is 0. The topological polar surface area (TPSA) is 38.7 Å². The lowest BCUT2D eigenvalue weighted by Gasteiger charge is -2.03. The molecule has 3 aromatic carbocycles. The summed E-state index contributed by atoms with van der Waals surface area (Å²) in [5.41, 5.74) is 3.17. The lowest BCUT2D eigenvalue weighted by molar-refractivity contribution is 1.02. The van der Waals surface area contributed by atoms with Crippen molar-refractivity contribution in [1.82, 2.24) is 15.0 Å².